The van der Waals surface area contributed by atoms with E-state index in [0.717, 1.165) is 9.35 Å². The molecule has 0 saturated heterocycles. The van der Waals surface area contributed by atoms with Crippen molar-refractivity contribution in [3.63, 3.8) is 0 Å². The number of thiophene rings is 1. The van der Waals surface area contributed by atoms with Crippen LogP contribution in [0.4, 0.5) is 4.39 Å². The van der Waals surface area contributed by atoms with Crippen molar-refractivity contribution in [1.29, 1.82) is 0 Å². The third-order valence-electron chi connectivity index (χ3n) is 1.84. The minimum atomic E-state index is -0.591. The average Bonchev–Trinajstić information content (AvgIpc) is 2.55. The zero-order valence-electron chi connectivity index (χ0n) is 7.89. The first-order valence-electron chi connectivity index (χ1n) is 4.14. The van der Waals surface area contributed by atoms with Crippen molar-refractivity contribution in [3.05, 3.63) is 31.5 Å². The smallest absolute Gasteiger partial charge is 0.181 e. The summed E-state index contributed by atoms with van der Waals surface area (Å²) in [7, 11) is 0. The molecule has 2 aromatic heterocycles. The molecule has 0 fully saturated rings. The molecule has 0 unspecified atom stereocenters. The molecule has 2 heterocycles. The van der Waals surface area contributed by atoms with Gasteiger partial charge in [0.2, 0.25) is 0 Å². The van der Waals surface area contributed by atoms with Gasteiger partial charge in [0.1, 0.15) is 4.34 Å². The van der Waals surface area contributed by atoms with Gasteiger partial charge in [-0.25, -0.2) is 14.4 Å². The minimum absolute atomic E-state index is 0.178. The molecule has 0 amide bonds. The van der Waals surface area contributed by atoms with E-state index in [0.29, 0.717) is 10.2 Å². The van der Waals surface area contributed by atoms with E-state index in [1.165, 1.54) is 18.3 Å². The van der Waals surface area contributed by atoms with Crippen LogP contribution in [0.1, 0.15) is 5.69 Å². The number of aryl methyl sites for hydroxylation is 1. The van der Waals surface area contributed by atoms with Crippen molar-refractivity contribution >= 4 is 50.5 Å². The molecular formula is C9H4BrCl2FN2S. The Morgan fingerprint density at radius 1 is 1.38 bits per heavy atom. The quantitative estimate of drug-likeness (QED) is 0.701. The van der Waals surface area contributed by atoms with E-state index >= 15 is 0 Å². The first-order valence-corrected chi connectivity index (χ1v) is 6.50. The molecule has 16 heavy (non-hydrogen) atoms. The minimum Gasteiger partial charge on any atom is -0.229 e. The molecule has 2 rings (SSSR count). The topological polar surface area (TPSA) is 25.8 Å². The number of aromatic nitrogens is 2. The first kappa shape index (κ1) is 12.2. The predicted octanol–water partition coefficient (Wildman–Crippen LogP) is 4.72. The van der Waals surface area contributed by atoms with Gasteiger partial charge >= 0.3 is 0 Å². The van der Waals surface area contributed by atoms with Crippen LogP contribution in [0.5, 0.6) is 0 Å². The van der Waals surface area contributed by atoms with Crippen molar-refractivity contribution < 1.29 is 4.39 Å². The maximum Gasteiger partial charge on any atom is 0.181 e. The molecule has 0 aromatic carbocycles. The molecule has 0 spiro atoms. The lowest BCUT2D eigenvalue weighted by Gasteiger charge is -2.01. The van der Waals surface area contributed by atoms with Gasteiger partial charge in [-0.05, 0) is 28.9 Å². The first-order chi connectivity index (χ1) is 7.49. The summed E-state index contributed by atoms with van der Waals surface area (Å²) >= 11 is 16.1. The van der Waals surface area contributed by atoms with Crippen molar-refractivity contribution in [2.24, 2.45) is 0 Å². The summed E-state index contributed by atoms with van der Waals surface area (Å²) in [5.41, 5.74) is 0.218. The number of nitrogens with zero attached hydrogens (tertiary/aromatic N) is 2. The molecule has 2 aromatic rings. The lowest BCUT2D eigenvalue weighted by Crippen LogP contribution is -1.96. The van der Waals surface area contributed by atoms with Gasteiger partial charge in [0.15, 0.2) is 16.8 Å². The van der Waals surface area contributed by atoms with Gasteiger partial charge in [-0.3, -0.25) is 0 Å². The molecular weight excluding hydrogens is 338 g/mol. The fourth-order valence-electron chi connectivity index (χ4n) is 1.09. The molecule has 0 N–H and O–H groups in total. The Labute approximate surface area is 114 Å². The van der Waals surface area contributed by atoms with E-state index in [4.69, 9.17) is 23.2 Å². The summed E-state index contributed by atoms with van der Waals surface area (Å²) in [6, 6.07) is 1.77. The molecule has 0 atom stereocenters. The number of hydrogen-bond donors (Lipinski definition) is 0. The van der Waals surface area contributed by atoms with Crippen LogP contribution in [-0.2, 0) is 0 Å². The second kappa shape index (κ2) is 4.56. The molecule has 0 aliphatic heterocycles. The standard InChI is InChI=1S/C9H4BrCl2FN2S/c1-3-6(13)7(11)15-9(14-3)5-2-4(10)8(12)16-5/h2H,1H3. The van der Waals surface area contributed by atoms with Crippen LogP contribution in [0.3, 0.4) is 0 Å². The molecule has 0 aliphatic carbocycles. The van der Waals surface area contributed by atoms with Crippen LogP contribution in [0, 0.1) is 12.7 Å². The van der Waals surface area contributed by atoms with Gasteiger partial charge in [-0.2, -0.15) is 0 Å². The largest absolute Gasteiger partial charge is 0.229 e. The molecule has 7 heteroatoms. The molecule has 84 valence electrons. The SMILES string of the molecule is Cc1nc(-c2cc(Br)c(Cl)s2)nc(Cl)c1F. The van der Waals surface area contributed by atoms with Crippen LogP contribution in [0.25, 0.3) is 10.7 Å². The summed E-state index contributed by atoms with van der Waals surface area (Å²) in [5.74, 6) is -0.214. The highest BCUT2D eigenvalue weighted by molar-refractivity contribution is 9.10. The Morgan fingerprint density at radius 3 is 2.56 bits per heavy atom. The number of hydrogen-bond acceptors (Lipinski definition) is 3. The zero-order chi connectivity index (χ0) is 11.9. The van der Waals surface area contributed by atoms with E-state index in [2.05, 4.69) is 25.9 Å². The van der Waals surface area contributed by atoms with Gasteiger partial charge in [0.05, 0.1) is 10.6 Å². The average molecular weight is 342 g/mol. The lowest BCUT2D eigenvalue weighted by molar-refractivity contribution is 0.603. The highest BCUT2D eigenvalue weighted by atomic mass is 79.9. The Bertz CT molecular complexity index is 516. The normalized spacial score (nSPS) is 10.8. The van der Waals surface area contributed by atoms with E-state index in [1.54, 1.807) is 6.07 Å². The van der Waals surface area contributed by atoms with Gasteiger partial charge in [-0.15, -0.1) is 11.3 Å². The fourth-order valence-corrected chi connectivity index (χ4v) is 2.94. The van der Waals surface area contributed by atoms with Crippen molar-refractivity contribution in [2.45, 2.75) is 6.92 Å². The highest BCUT2D eigenvalue weighted by Crippen LogP contribution is 2.37. The maximum atomic E-state index is 13.2. The van der Waals surface area contributed by atoms with Crippen molar-refractivity contribution in [2.75, 3.05) is 0 Å². The predicted molar refractivity (Wildman–Crippen MR) is 67.8 cm³/mol. The molecule has 0 radical (unpaired) electrons. The second-order valence-electron chi connectivity index (χ2n) is 2.97. The Morgan fingerprint density at radius 2 is 2.06 bits per heavy atom. The Kier molecular flexibility index (Phi) is 3.49. The molecule has 0 bridgehead atoms. The summed E-state index contributed by atoms with van der Waals surface area (Å²) in [6.07, 6.45) is 0. The highest BCUT2D eigenvalue weighted by Gasteiger charge is 2.14. The third kappa shape index (κ3) is 2.22. The maximum absolute atomic E-state index is 13.2. The van der Waals surface area contributed by atoms with Gasteiger partial charge in [0.25, 0.3) is 0 Å². The van der Waals surface area contributed by atoms with Crippen molar-refractivity contribution in [1.82, 2.24) is 9.97 Å². The summed E-state index contributed by atoms with van der Waals surface area (Å²) in [4.78, 5) is 8.62. The van der Waals surface area contributed by atoms with E-state index in [-0.39, 0.29) is 10.8 Å². The molecule has 0 aliphatic rings. The summed E-state index contributed by atoms with van der Waals surface area (Å²) in [5, 5.41) is -0.178. The monoisotopic (exact) mass is 340 g/mol. The van der Waals surface area contributed by atoms with Crippen LogP contribution in [0.15, 0.2) is 10.5 Å². The molecule has 2 nitrogen and oxygen atoms in total. The summed E-state index contributed by atoms with van der Waals surface area (Å²) < 4.78 is 14.6. The van der Waals surface area contributed by atoms with Crippen molar-refractivity contribution in [3.8, 4) is 10.7 Å². The Hall–Kier alpha value is -0.230. The van der Waals surface area contributed by atoms with E-state index in [9.17, 15) is 4.39 Å². The van der Waals surface area contributed by atoms with Crippen LogP contribution >= 0.6 is 50.5 Å². The van der Waals surface area contributed by atoms with Crippen LogP contribution in [-0.4, -0.2) is 9.97 Å². The fraction of sp³-hybridized carbons (Fsp3) is 0.111. The summed E-state index contributed by atoms with van der Waals surface area (Å²) in [6.45, 7) is 1.54. The third-order valence-corrected chi connectivity index (χ3v) is 4.56. The zero-order valence-corrected chi connectivity index (χ0v) is 11.8. The van der Waals surface area contributed by atoms with E-state index < -0.39 is 5.82 Å². The number of halogens is 4. The van der Waals surface area contributed by atoms with Crippen LogP contribution in [0.2, 0.25) is 9.49 Å². The lowest BCUT2D eigenvalue weighted by atomic mass is 10.4. The molecule has 0 saturated carbocycles. The van der Waals surface area contributed by atoms with Gasteiger partial charge in [0, 0.05) is 4.47 Å². The number of rotatable bonds is 1. The van der Waals surface area contributed by atoms with Gasteiger partial charge in [-0.1, -0.05) is 23.2 Å². The Balaban J connectivity index is 2.56. The van der Waals surface area contributed by atoms with Crippen LogP contribution < -0.4 is 0 Å². The second-order valence-corrected chi connectivity index (χ2v) is 5.84. The van der Waals surface area contributed by atoms with E-state index in [1.807, 2.05) is 0 Å². The van der Waals surface area contributed by atoms with Gasteiger partial charge < -0.3 is 0 Å².